The summed E-state index contributed by atoms with van der Waals surface area (Å²) in [5.74, 6) is -1.25. The van der Waals surface area contributed by atoms with Crippen LogP contribution in [0.3, 0.4) is 0 Å². The van der Waals surface area contributed by atoms with Crippen LogP contribution in [-0.2, 0) is 9.84 Å². The van der Waals surface area contributed by atoms with E-state index in [0.717, 1.165) is 0 Å². The van der Waals surface area contributed by atoms with Gasteiger partial charge in [-0.1, -0.05) is 42.5 Å². The molecule has 114 valence electrons. The molecule has 0 bridgehead atoms. The van der Waals surface area contributed by atoms with Gasteiger partial charge in [0.1, 0.15) is 5.82 Å². The molecule has 0 aliphatic heterocycles. The minimum absolute atomic E-state index is 0.152. The summed E-state index contributed by atoms with van der Waals surface area (Å²) in [4.78, 5) is 0.388. The van der Waals surface area contributed by atoms with Crippen molar-refractivity contribution < 1.29 is 12.8 Å². The van der Waals surface area contributed by atoms with Crippen molar-refractivity contribution in [2.75, 3.05) is 0 Å². The molecule has 1 aliphatic rings. The van der Waals surface area contributed by atoms with Gasteiger partial charge in [-0.05, 0) is 29.8 Å². The van der Waals surface area contributed by atoms with Crippen LogP contribution in [0.1, 0.15) is 11.5 Å². The van der Waals surface area contributed by atoms with Gasteiger partial charge in [0, 0.05) is 11.8 Å². The number of thiocarbonyl (C=S) groups is 1. The molecule has 1 saturated carbocycles. The van der Waals surface area contributed by atoms with E-state index in [1.807, 2.05) is 0 Å². The van der Waals surface area contributed by atoms with E-state index in [1.165, 1.54) is 12.1 Å². The largest absolute Gasteiger partial charge is 0.393 e. The van der Waals surface area contributed by atoms with Gasteiger partial charge in [-0.25, -0.2) is 12.8 Å². The molecule has 0 spiro atoms. The second-order valence-corrected chi connectivity index (χ2v) is 7.91. The van der Waals surface area contributed by atoms with Gasteiger partial charge in [0.2, 0.25) is 0 Å². The lowest BCUT2D eigenvalue weighted by Crippen LogP contribution is -2.17. The number of halogens is 1. The molecule has 22 heavy (non-hydrogen) atoms. The highest BCUT2D eigenvalue weighted by Gasteiger charge is 2.60. The molecule has 3 atom stereocenters. The van der Waals surface area contributed by atoms with Crippen LogP contribution in [0.15, 0.2) is 59.5 Å². The Balaban J connectivity index is 2.01. The fourth-order valence-electron chi connectivity index (χ4n) is 2.89. The van der Waals surface area contributed by atoms with Crippen LogP contribution in [0.4, 0.5) is 4.39 Å². The first-order valence-corrected chi connectivity index (χ1v) is 8.72. The van der Waals surface area contributed by atoms with Crippen LogP contribution in [0.25, 0.3) is 0 Å². The van der Waals surface area contributed by atoms with Gasteiger partial charge in [-0.2, -0.15) is 0 Å². The fraction of sp³-hybridized carbons (Fsp3) is 0.188. The normalized spacial score (nSPS) is 24.0. The van der Waals surface area contributed by atoms with Gasteiger partial charge in [0.25, 0.3) is 0 Å². The molecular formula is C16H14FNO2S2. The lowest BCUT2D eigenvalue weighted by atomic mass is 10.1. The molecule has 3 rings (SSSR count). The van der Waals surface area contributed by atoms with Gasteiger partial charge in [-0.3, -0.25) is 0 Å². The summed E-state index contributed by atoms with van der Waals surface area (Å²) in [6.07, 6.45) is 0. The maximum Gasteiger partial charge on any atom is 0.182 e. The Kier molecular flexibility index (Phi) is 3.74. The zero-order valence-corrected chi connectivity index (χ0v) is 13.1. The maximum absolute atomic E-state index is 13.4. The first kappa shape index (κ1) is 15.1. The van der Waals surface area contributed by atoms with Gasteiger partial charge < -0.3 is 5.73 Å². The average molecular weight is 335 g/mol. The Bertz CT molecular complexity index is 821. The molecule has 2 N–H and O–H groups in total. The summed E-state index contributed by atoms with van der Waals surface area (Å²) < 4.78 is 39.0. The molecule has 0 unspecified atom stereocenters. The zero-order valence-electron chi connectivity index (χ0n) is 11.5. The van der Waals surface area contributed by atoms with Crippen LogP contribution in [0.2, 0.25) is 0 Å². The summed E-state index contributed by atoms with van der Waals surface area (Å²) in [6, 6.07) is 14.1. The molecule has 0 amide bonds. The topological polar surface area (TPSA) is 60.2 Å². The minimum Gasteiger partial charge on any atom is -0.393 e. The van der Waals surface area contributed by atoms with Crippen molar-refractivity contribution in [3.05, 3.63) is 66.0 Å². The number of hydrogen-bond donors (Lipinski definition) is 1. The molecule has 3 nitrogen and oxygen atoms in total. The molecule has 2 aromatic rings. The van der Waals surface area contributed by atoms with E-state index in [-0.39, 0.29) is 9.88 Å². The summed E-state index contributed by atoms with van der Waals surface area (Å²) >= 11 is 5.01. The van der Waals surface area contributed by atoms with Crippen LogP contribution < -0.4 is 5.73 Å². The number of hydrogen-bond acceptors (Lipinski definition) is 3. The second kappa shape index (κ2) is 5.44. The molecule has 0 saturated heterocycles. The van der Waals surface area contributed by atoms with E-state index in [2.05, 4.69) is 0 Å². The molecule has 2 aromatic carbocycles. The van der Waals surface area contributed by atoms with Crippen LogP contribution >= 0.6 is 12.2 Å². The van der Waals surface area contributed by atoms with Crippen molar-refractivity contribution in [2.24, 2.45) is 11.7 Å². The molecule has 0 heterocycles. The van der Waals surface area contributed by atoms with Gasteiger partial charge in [0.15, 0.2) is 9.84 Å². The maximum atomic E-state index is 13.4. The molecule has 6 heteroatoms. The summed E-state index contributed by atoms with van der Waals surface area (Å²) in [6.45, 7) is 0. The third-order valence-electron chi connectivity index (χ3n) is 3.95. The van der Waals surface area contributed by atoms with E-state index in [0.29, 0.717) is 5.56 Å². The molecular weight excluding hydrogens is 321 g/mol. The smallest absolute Gasteiger partial charge is 0.182 e. The number of benzene rings is 2. The Morgan fingerprint density at radius 3 is 2.36 bits per heavy atom. The number of rotatable bonds is 4. The Morgan fingerprint density at radius 2 is 1.77 bits per heavy atom. The fourth-order valence-corrected chi connectivity index (χ4v) is 5.44. The van der Waals surface area contributed by atoms with Gasteiger partial charge in [0.05, 0.1) is 15.1 Å². The lowest BCUT2D eigenvalue weighted by molar-refractivity contribution is 0.593. The average Bonchev–Trinajstić information content (AvgIpc) is 3.25. The third-order valence-corrected chi connectivity index (χ3v) is 6.45. The predicted octanol–water partition coefficient (Wildman–Crippen LogP) is 2.67. The summed E-state index contributed by atoms with van der Waals surface area (Å²) in [5.41, 5.74) is 6.32. The summed E-state index contributed by atoms with van der Waals surface area (Å²) in [7, 11) is -3.56. The molecule has 0 aromatic heterocycles. The Hall–Kier alpha value is -1.79. The lowest BCUT2D eigenvalue weighted by Gasteiger charge is -2.04. The number of sulfone groups is 1. The molecule has 1 aliphatic carbocycles. The van der Waals surface area contributed by atoms with Crippen molar-refractivity contribution in [3.63, 3.8) is 0 Å². The van der Waals surface area contributed by atoms with E-state index in [4.69, 9.17) is 18.0 Å². The van der Waals surface area contributed by atoms with Crippen molar-refractivity contribution in [1.29, 1.82) is 0 Å². The van der Waals surface area contributed by atoms with Crippen molar-refractivity contribution in [2.45, 2.75) is 16.1 Å². The number of nitrogens with two attached hydrogens (primary N) is 1. The predicted molar refractivity (Wildman–Crippen MR) is 86.8 cm³/mol. The Morgan fingerprint density at radius 1 is 1.09 bits per heavy atom. The minimum atomic E-state index is -3.56. The SMILES string of the molecule is NC(=S)[C@@H]1[C@@H](c2cccc(F)c2)[C@H]1S(=O)(=O)c1ccccc1. The van der Waals surface area contributed by atoms with Crippen molar-refractivity contribution in [3.8, 4) is 0 Å². The zero-order chi connectivity index (χ0) is 15.9. The quantitative estimate of drug-likeness (QED) is 0.873. The van der Waals surface area contributed by atoms with Crippen LogP contribution in [-0.4, -0.2) is 18.7 Å². The van der Waals surface area contributed by atoms with Gasteiger partial charge >= 0.3 is 0 Å². The van der Waals surface area contributed by atoms with E-state index < -0.39 is 32.7 Å². The van der Waals surface area contributed by atoms with E-state index >= 15 is 0 Å². The standard InChI is InChI=1S/C16H14FNO2S2/c17-11-6-4-5-10(9-11)13-14(16(18)21)15(13)22(19,20)12-7-2-1-3-8-12/h1-9,13-15H,(H2,18,21)/t13-,14-,15-/m1/s1. The van der Waals surface area contributed by atoms with Crippen LogP contribution in [0.5, 0.6) is 0 Å². The first-order valence-electron chi connectivity index (χ1n) is 6.76. The molecule has 0 radical (unpaired) electrons. The summed E-state index contributed by atoms with van der Waals surface area (Å²) in [5, 5.41) is -0.728. The highest BCUT2D eigenvalue weighted by molar-refractivity contribution is 7.92. The van der Waals surface area contributed by atoms with Crippen LogP contribution in [0, 0.1) is 11.7 Å². The highest BCUT2D eigenvalue weighted by Crippen LogP contribution is 2.54. The molecule has 1 fully saturated rings. The second-order valence-electron chi connectivity index (χ2n) is 5.33. The Labute approximate surface area is 133 Å². The highest BCUT2D eigenvalue weighted by atomic mass is 32.2. The van der Waals surface area contributed by atoms with Crippen molar-refractivity contribution >= 4 is 27.0 Å². The van der Waals surface area contributed by atoms with Gasteiger partial charge in [-0.15, -0.1) is 0 Å². The van der Waals surface area contributed by atoms with E-state index in [9.17, 15) is 12.8 Å². The first-order chi connectivity index (χ1) is 10.4. The van der Waals surface area contributed by atoms with E-state index in [1.54, 1.807) is 42.5 Å². The third kappa shape index (κ3) is 2.53. The van der Waals surface area contributed by atoms with Crippen molar-refractivity contribution in [1.82, 2.24) is 0 Å². The monoisotopic (exact) mass is 335 g/mol.